The molecule has 2 aromatic carbocycles. The minimum absolute atomic E-state index is 0.219. The summed E-state index contributed by atoms with van der Waals surface area (Å²) in [6.07, 6.45) is -0.627. The van der Waals surface area contributed by atoms with Gasteiger partial charge in [0.15, 0.2) is 6.10 Å². The van der Waals surface area contributed by atoms with Crippen molar-refractivity contribution in [1.82, 2.24) is 0 Å². The van der Waals surface area contributed by atoms with Gasteiger partial charge in [0.2, 0.25) is 0 Å². The van der Waals surface area contributed by atoms with Crippen LogP contribution in [0.25, 0.3) is 0 Å². The quantitative estimate of drug-likeness (QED) is 0.763. The van der Waals surface area contributed by atoms with E-state index in [9.17, 15) is 4.79 Å². The first kappa shape index (κ1) is 18.3. The van der Waals surface area contributed by atoms with Crippen LogP contribution in [0.15, 0.2) is 40.9 Å². The minimum atomic E-state index is -0.627. The Hall–Kier alpha value is -2.01. The summed E-state index contributed by atoms with van der Waals surface area (Å²) in [6.45, 7) is 8.10. The van der Waals surface area contributed by atoms with Gasteiger partial charge in [0.1, 0.15) is 11.5 Å². The molecule has 0 radical (unpaired) electrons. The van der Waals surface area contributed by atoms with Crippen molar-refractivity contribution in [1.29, 1.82) is 0 Å². The highest BCUT2D eigenvalue weighted by atomic mass is 79.9. The number of aryl methyl sites for hydroxylation is 2. The Morgan fingerprint density at radius 3 is 2.46 bits per heavy atom. The van der Waals surface area contributed by atoms with E-state index in [0.717, 1.165) is 21.3 Å². The maximum Gasteiger partial charge on any atom is 0.265 e. The molecule has 4 nitrogen and oxygen atoms in total. The fourth-order valence-corrected chi connectivity index (χ4v) is 3.09. The number of hydrogen-bond acceptors (Lipinski definition) is 3. The van der Waals surface area contributed by atoms with Crippen molar-refractivity contribution in [2.45, 2.75) is 33.8 Å². The lowest BCUT2D eigenvalue weighted by Crippen LogP contribution is -2.30. The average Bonchev–Trinajstić information content (AvgIpc) is 2.52. The van der Waals surface area contributed by atoms with Crippen LogP contribution in [0.3, 0.4) is 0 Å². The second-order valence-electron chi connectivity index (χ2n) is 5.55. The number of benzene rings is 2. The predicted molar refractivity (Wildman–Crippen MR) is 99.9 cm³/mol. The lowest BCUT2D eigenvalue weighted by molar-refractivity contribution is -0.122. The van der Waals surface area contributed by atoms with Crippen molar-refractivity contribution in [3.05, 3.63) is 52.0 Å². The molecular formula is C19H22BrNO3. The summed E-state index contributed by atoms with van der Waals surface area (Å²) in [4.78, 5) is 12.5. The Morgan fingerprint density at radius 1 is 1.21 bits per heavy atom. The van der Waals surface area contributed by atoms with Crippen molar-refractivity contribution < 1.29 is 14.3 Å². The number of para-hydroxylation sites is 2. The molecule has 1 atom stereocenters. The Labute approximate surface area is 151 Å². The van der Waals surface area contributed by atoms with E-state index in [-0.39, 0.29) is 5.91 Å². The van der Waals surface area contributed by atoms with Crippen molar-refractivity contribution in [3.8, 4) is 11.5 Å². The predicted octanol–water partition coefficient (Wildman–Crippen LogP) is 4.87. The second kappa shape index (κ2) is 8.20. The van der Waals surface area contributed by atoms with Crippen LogP contribution in [-0.4, -0.2) is 18.6 Å². The number of carbonyl (C=O) groups excluding carboxylic acids is 1. The Kier molecular flexibility index (Phi) is 6.26. The molecule has 0 aromatic heterocycles. The third-order valence-electron chi connectivity index (χ3n) is 3.53. The summed E-state index contributed by atoms with van der Waals surface area (Å²) < 4.78 is 12.4. The smallest absolute Gasteiger partial charge is 0.265 e. The molecule has 1 N–H and O–H groups in total. The molecule has 0 spiro atoms. The number of halogens is 1. The number of rotatable bonds is 6. The molecule has 0 saturated heterocycles. The van der Waals surface area contributed by atoms with E-state index >= 15 is 0 Å². The molecule has 5 heteroatoms. The highest BCUT2D eigenvalue weighted by Crippen LogP contribution is 2.29. The van der Waals surface area contributed by atoms with Crippen LogP contribution in [-0.2, 0) is 4.79 Å². The summed E-state index contributed by atoms with van der Waals surface area (Å²) in [5, 5.41) is 2.87. The van der Waals surface area contributed by atoms with E-state index in [1.54, 1.807) is 6.92 Å². The van der Waals surface area contributed by atoms with Gasteiger partial charge in [-0.1, -0.05) is 28.1 Å². The monoisotopic (exact) mass is 391 g/mol. The van der Waals surface area contributed by atoms with E-state index in [4.69, 9.17) is 9.47 Å². The van der Waals surface area contributed by atoms with Crippen LogP contribution in [0.2, 0.25) is 0 Å². The van der Waals surface area contributed by atoms with Crippen LogP contribution in [0.1, 0.15) is 25.0 Å². The SMILES string of the molecule is CCOc1ccccc1NC(=O)C(C)Oc1c(C)cc(Br)cc1C. The molecule has 2 aromatic rings. The zero-order valence-corrected chi connectivity index (χ0v) is 15.9. The first-order valence-electron chi connectivity index (χ1n) is 7.88. The summed E-state index contributed by atoms with van der Waals surface area (Å²) in [5.41, 5.74) is 2.61. The largest absolute Gasteiger partial charge is 0.492 e. The van der Waals surface area contributed by atoms with E-state index in [1.807, 2.05) is 57.2 Å². The Balaban J connectivity index is 2.11. The molecule has 0 aliphatic rings. The summed E-state index contributed by atoms with van der Waals surface area (Å²) >= 11 is 3.46. The van der Waals surface area contributed by atoms with E-state index < -0.39 is 6.10 Å². The number of anilines is 1. The normalized spacial score (nSPS) is 11.7. The zero-order valence-electron chi connectivity index (χ0n) is 14.4. The third kappa shape index (κ3) is 4.51. The van der Waals surface area contributed by atoms with Gasteiger partial charge in [-0.15, -0.1) is 0 Å². The average molecular weight is 392 g/mol. The molecule has 0 aliphatic carbocycles. The van der Waals surface area contributed by atoms with Crippen LogP contribution in [0, 0.1) is 13.8 Å². The zero-order chi connectivity index (χ0) is 17.7. The molecular weight excluding hydrogens is 370 g/mol. The highest BCUT2D eigenvalue weighted by Gasteiger charge is 2.18. The minimum Gasteiger partial charge on any atom is -0.492 e. The van der Waals surface area contributed by atoms with Gasteiger partial charge >= 0.3 is 0 Å². The molecule has 0 bridgehead atoms. The molecule has 0 fully saturated rings. The van der Waals surface area contributed by atoms with Gasteiger partial charge in [-0.25, -0.2) is 0 Å². The van der Waals surface area contributed by atoms with Gasteiger partial charge < -0.3 is 14.8 Å². The number of amides is 1. The van der Waals surface area contributed by atoms with E-state index in [1.165, 1.54) is 0 Å². The third-order valence-corrected chi connectivity index (χ3v) is 3.99. The number of nitrogens with one attached hydrogen (secondary N) is 1. The highest BCUT2D eigenvalue weighted by molar-refractivity contribution is 9.10. The maximum absolute atomic E-state index is 12.5. The maximum atomic E-state index is 12.5. The van der Waals surface area contributed by atoms with Crippen molar-refractivity contribution >= 4 is 27.5 Å². The molecule has 0 saturated carbocycles. The van der Waals surface area contributed by atoms with Crippen LogP contribution < -0.4 is 14.8 Å². The van der Waals surface area contributed by atoms with Gasteiger partial charge in [-0.2, -0.15) is 0 Å². The van der Waals surface area contributed by atoms with Crippen molar-refractivity contribution in [2.75, 3.05) is 11.9 Å². The van der Waals surface area contributed by atoms with Gasteiger partial charge in [0.05, 0.1) is 12.3 Å². The topological polar surface area (TPSA) is 47.6 Å². The Bertz CT molecular complexity index is 707. The molecule has 2 rings (SSSR count). The van der Waals surface area contributed by atoms with Crippen LogP contribution >= 0.6 is 15.9 Å². The van der Waals surface area contributed by atoms with Gasteiger partial charge in [-0.3, -0.25) is 4.79 Å². The summed E-state index contributed by atoms with van der Waals surface area (Å²) in [5.74, 6) is 1.17. The number of carbonyl (C=O) groups is 1. The number of ether oxygens (including phenoxy) is 2. The van der Waals surface area contributed by atoms with Gasteiger partial charge in [-0.05, 0) is 63.1 Å². The molecule has 128 valence electrons. The molecule has 1 amide bonds. The van der Waals surface area contributed by atoms with E-state index in [0.29, 0.717) is 18.0 Å². The summed E-state index contributed by atoms with van der Waals surface area (Å²) in [7, 11) is 0. The van der Waals surface area contributed by atoms with E-state index in [2.05, 4.69) is 21.2 Å². The lowest BCUT2D eigenvalue weighted by Gasteiger charge is -2.19. The molecule has 0 aliphatic heterocycles. The lowest BCUT2D eigenvalue weighted by atomic mass is 10.1. The van der Waals surface area contributed by atoms with Crippen molar-refractivity contribution in [3.63, 3.8) is 0 Å². The second-order valence-corrected chi connectivity index (χ2v) is 6.46. The standard InChI is InChI=1S/C19H22BrNO3/c1-5-23-17-9-7-6-8-16(17)21-19(22)14(4)24-18-12(2)10-15(20)11-13(18)3/h6-11,14H,5H2,1-4H3,(H,21,22). The Morgan fingerprint density at radius 2 is 1.83 bits per heavy atom. The summed E-state index contributed by atoms with van der Waals surface area (Å²) in [6, 6.07) is 11.3. The van der Waals surface area contributed by atoms with Gasteiger partial charge in [0.25, 0.3) is 5.91 Å². The van der Waals surface area contributed by atoms with Gasteiger partial charge in [0, 0.05) is 4.47 Å². The first-order chi connectivity index (χ1) is 11.4. The molecule has 0 heterocycles. The van der Waals surface area contributed by atoms with Crippen molar-refractivity contribution in [2.24, 2.45) is 0 Å². The fraction of sp³-hybridized carbons (Fsp3) is 0.316. The molecule has 24 heavy (non-hydrogen) atoms. The number of hydrogen-bond donors (Lipinski definition) is 1. The van der Waals surface area contributed by atoms with Crippen LogP contribution in [0.5, 0.6) is 11.5 Å². The fourth-order valence-electron chi connectivity index (χ4n) is 2.40. The van der Waals surface area contributed by atoms with Crippen LogP contribution in [0.4, 0.5) is 5.69 Å². The first-order valence-corrected chi connectivity index (χ1v) is 8.67. The molecule has 1 unspecified atom stereocenters.